The van der Waals surface area contributed by atoms with Crippen LogP contribution < -0.4 is 16.0 Å². The van der Waals surface area contributed by atoms with Gasteiger partial charge in [0, 0.05) is 12.4 Å². The first-order chi connectivity index (χ1) is 10.9. The van der Waals surface area contributed by atoms with Crippen molar-refractivity contribution in [3.63, 3.8) is 0 Å². The van der Waals surface area contributed by atoms with Crippen molar-refractivity contribution in [2.45, 2.75) is 10.9 Å². The summed E-state index contributed by atoms with van der Waals surface area (Å²) in [5, 5.41) is 0. The highest BCUT2D eigenvalue weighted by Gasteiger charge is 2.17. The van der Waals surface area contributed by atoms with Gasteiger partial charge in [-0.2, -0.15) is 0 Å². The molecule has 0 bridgehead atoms. The fourth-order valence-electron chi connectivity index (χ4n) is 2.03. The number of nitrogens with zero attached hydrogens (tertiary/aromatic N) is 3. The van der Waals surface area contributed by atoms with Crippen LogP contribution in [0.3, 0.4) is 0 Å². The molecule has 0 saturated carbocycles. The zero-order valence-electron chi connectivity index (χ0n) is 12.1. The van der Waals surface area contributed by atoms with Gasteiger partial charge in [0.2, 0.25) is 4.34 Å². The maximum Gasteiger partial charge on any atom is 0.293 e. The molecule has 2 heterocycles. The van der Waals surface area contributed by atoms with Crippen molar-refractivity contribution in [3.05, 3.63) is 46.5 Å². The van der Waals surface area contributed by atoms with Crippen LogP contribution in [-0.2, 0) is 16.6 Å². The van der Waals surface area contributed by atoms with E-state index in [2.05, 4.69) is 14.7 Å². The van der Waals surface area contributed by atoms with Gasteiger partial charge in [-0.3, -0.25) is 4.79 Å². The predicted octanol–water partition coefficient (Wildman–Crippen LogP) is 0.392. The molecule has 2 aromatic heterocycles. The van der Waals surface area contributed by atoms with E-state index in [1.54, 1.807) is 18.3 Å². The largest absolute Gasteiger partial charge is 0.379 e. The molecule has 0 aliphatic carbocycles. The molecular formula is C13H13N5O3S2. The summed E-state index contributed by atoms with van der Waals surface area (Å²) in [6, 6.07) is 5.33. The lowest BCUT2D eigenvalue weighted by molar-refractivity contribution is 0.587. The Morgan fingerprint density at radius 2 is 2.17 bits per heavy atom. The first-order valence-electron chi connectivity index (χ1n) is 6.54. The predicted molar refractivity (Wildman–Crippen MR) is 87.9 cm³/mol. The second-order valence-electron chi connectivity index (χ2n) is 4.73. The van der Waals surface area contributed by atoms with Crippen LogP contribution in [0.5, 0.6) is 0 Å². The molecule has 0 aliphatic rings. The minimum absolute atomic E-state index is 0.0115. The number of benzene rings is 1. The molecule has 1 aromatic carbocycles. The van der Waals surface area contributed by atoms with Gasteiger partial charge in [0.25, 0.3) is 15.6 Å². The highest BCUT2D eigenvalue weighted by molar-refractivity contribution is 7.91. The lowest BCUT2D eigenvalue weighted by atomic mass is 10.2. The van der Waals surface area contributed by atoms with Crippen LogP contribution in [0.4, 0.5) is 5.82 Å². The lowest BCUT2D eigenvalue weighted by Crippen LogP contribution is -2.23. The highest BCUT2D eigenvalue weighted by atomic mass is 32.2. The summed E-state index contributed by atoms with van der Waals surface area (Å²) in [4.78, 5) is 19.7. The second kappa shape index (κ2) is 5.72. The molecule has 3 rings (SSSR count). The summed E-state index contributed by atoms with van der Waals surface area (Å²) in [6.07, 6.45) is 3.01. The molecule has 0 radical (unpaired) electrons. The zero-order valence-corrected chi connectivity index (χ0v) is 13.7. The van der Waals surface area contributed by atoms with E-state index in [9.17, 15) is 13.2 Å². The van der Waals surface area contributed by atoms with Crippen molar-refractivity contribution in [3.8, 4) is 0 Å². The number of fused-ring (bicyclic) bond motifs is 1. The number of sulfonamides is 1. The van der Waals surface area contributed by atoms with Gasteiger partial charge >= 0.3 is 0 Å². The summed E-state index contributed by atoms with van der Waals surface area (Å²) < 4.78 is 28.0. The number of aromatic nitrogens is 3. The van der Waals surface area contributed by atoms with Crippen molar-refractivity contribution in [1.82, 2.24) is 19.3 Å². The van der Waals surface area contributed by atoms with E-state index in [1.807, 2.05) is 6.07 Å². The number of rotatable bonds is 4. The fraction of sp³-hybridized carbons (Fsp3) is 0.154. The number of nitrogens with one attached hydrogen (secondary N) is 1. The van der Waals surface area contributed by atoms with Crippen LogP contribution in [0.15, 0.2) is 39.7 Å². The third-order valence-corrected chi connectivity index (χ3v) is 6.03. The Kier molecular flexibility index (Phi) is 3.88. The minimum atomic E-state index is -3.57. The Labute approximate surface area is 135 Å². The van der Waals surface area contributed by atoms with Gasteiger partial charge in [-0.05, 0) is 24.7 Å². The van der Waals surface area contributed by atoms with Crippen LogP contribution in [0.25, 0.3) is 10.2 Å². The Hall–Kier alpha value is -2.30. The summed E-state index contributed by atoms with van der Waals surface area (Å²) in [6.45, 7) is 0.313. The monoisotopic (exact) mass is 351 g/mol. The highest BCUT2D eigenvalue weighted by Crippen LogP contribution is 2.26. The van der Waals surface area contributed by atoms with Crippen molar-refractivity contribution < 1.29 is 8.42 Å². The van der Waals surface area contributed by atoms with E-state index in [0.29, 0.717) is 12.1 Å². The van der Waals surface area contributed by atoms with E-state index in [-0.39, 0.29) is 15.7 Å². The normalized spacial score (nSPS) is 11.9. The van der Waals surface area contributed by atoms with Crippen LogP contribution >= 0.6 is 11.3 Å². The van der Waals surface area contributed by atoms with Gasteiger partial charge in [0.1, 0.15) is 0 Å². The first-order valence-corrected chi connectivity index (χ1v) is 8.84. The lowest BCUT2D eigenvalue weighted by Gasteiger charge is -2.05. The molecule has 3 aromatic rings. The SMILES string of the molecule is CNS(=O)(=O)c1nc2ccc(Cn3ccnc(N)c3=O)cc2s1. The molecule has 0 atom stereocenters. The molecule has 0 saturated heterocycles. The Morgan fingerprint density at radius 1 is 1.39 bits per heavy atom. The van der Waals surface area contributed by atoms with Gasteiger partial charge in [0.15, 0.2) is 5.82 Å². The molecule has 0 amide bonds. The third kappa shape index (κ3) is 2.96. The number of thiazole rings is 1. The molecular weight excluding hydrogens is 338 g/mol. The molecule has 0 spiro atoms. The molecule has 10 heteroatoms. The maximum atomic E-state index is 11.9. The van der Waals surface area contributed by atoms with Crippen molar-refractivity contribution >= 4 is 37.4 Å². The Balaban J connectivity index is 2.00. The van der Waals surface area contributed by atoms with E-state index >= 15 is 0 Å². The van der Waals surface area contributed by atoms with Gasteiger partial charge in [0.05, 0.1) is 16.8 Å². The van der Waals surface area contributed by atoms with E-state index in [1.165, 1.54) is 17.8 Å². The number of nitrogen functional groups attached to an aromatic ring is 1. The van der Waals surface area contributed by atoms with Gasteiger partial charge in [-0.25, -0.2) is 23.1 Å². The van der Waals surface area contributed by atoms with Crippen LogP contribution in [0, 0.1) is 0 Å². The Bertz CT molecular complexity index is 1040. The number of hydrogen-bond acceptors (Lipinski definition) is 7. The number of hydrogen-bond donors (Lipinski definition) is 2. The van der Waals surface area contributed by atoms with Crippen LogP contribution in [0.1, 0.15) is 5.56 Å². The maximum absolute atomic E-state index is 11.9. The molecule has 0 aliphatic heterocycles. The van der Waals surface area contributed by atoms with Crippen molar-refractivity contribution in [2.75, 3.05) is 12.8 Å². The molecule has 23 heavy (non-hydrogen) atoms. The van der Waals surface area contributed by atoms with E-state index in [0.717, 1.165) is 21.6 Å². The van der Waals surface area contributed by atoms with Crippen LogP contribution in [-0.4, -0.2) is 30.0 Å². The summed E-state index contributed by atoms with van der Waals surface area (Å²) in [5.74, 6) is -0.0613. The molecule has 0 fully saturated rings. The van der Waals surface area contributed by atoms with Gasteiger partial charge in [-0.15, -0.1) is 11.3 Å². The summed E-state index contributed by atoms with van der Waals surface area (Å²) in [5.41, 5.74) is 6.57. The van der Waals surface area contributed by atoms with Gasteiger partial charge < -0.3 is 10.3 Å². The molecule has 0 unspecified atom stereocenters. The zero-order chi connectivity index (χ0) is 16.6. The standard InChI is InChI=1S/C13H13N5O3S2/c1-15-23(20,21)13-17-9-3-2-8(6-10(9)22-13)7-18-5-4-16-11(14)12(18)19/h2-6,15H,7H2,1H3,(H2,14,16). The van der Waals surface area contributed by atoms with Crippen LogP contribution in [0.2, 0.25) is 0 Å². The van der Waals surface area contributed by atoms with Crippen molar-refractivity contribution in [2.24, 2.45) is 0 Å². The van der Waals surface area contributed by atoms with Gasteiger partial charge in [-0.1, -0.05) is 6.07 Å². The third-order valence-electron chi connectivity index (χ3n) is 3.22. The number of anilines is 1. The fourth-order valence-corrected chi connectivity index (χ4v) is 4.15. The topological polar surface area (TPSA) is 120 Å². The second-order valence-corrected chi connectivity index (χ2v) is 7.83. The van der Waals surface area contributed by atoms with E-state index in [4.69, 9.17) is 5.73 Å². The Morgan fingerprint density at radius 3 is 2.91 bits per heavy atom. The minimum Gasteiger partial charge on any atom is -0.379 e. The average Bonchev–Trinajstić information content (AvgIpc) is 2.96. The summed E-state index contributed by atoms with van der Waals surface area (Å²) in [7, 11) is -2.23. The van der Waals surface area contributed by atoms with Crippen molar-refractivity contribution in [1.29, 1.82) is 0 Å². The smallest absolute Gasteiger partial charge is 0.293 e. The first kappa shape index (κ1) is 15.6. The molecule has 8 nitrogen and oxygen atoms in total. The average molecular weight is 351 g/mol. The number of nitrogens with two attached hydrogens (primary N) is 1. The molecule has 3 N–H and O–H groups in total. The van der Waals surface area contributed by atoms with E-state index < -0.39 is 10.0 Å². The quantitative estimate of drug-likeness (QED) is 0.702. The summed E-state index contributed by atoms with van der Waals surface area (Å²) >= 11 is 1.07. The molecule has 120 valence electrons.